The van der Waals surface area contributed by atoms with E-state index < -0.39 is 0 Å². The quantitative estimate of drug-likeness (QED) is 0.710. The molecular formula is C7H13ClN4. The molecule has 0 radical (unpaired) electrons. The molecule has 0 aromatic carbocycles. The van der Waals surface area contributed by atoms with Crippen LogP contribution in [0.1, 0.15) is 5.69 Å². The predicted molar refractivity (Wildman–Crippen MR) is 52.8 cm³/mol. The Morgan fingerprint density at radius 3 is 2.33 bits per heavy atom. The summed E-state index contributed by atoms with van der Waals surface area (Å²) in [5, 5.41) is 0. The van der Waals surface area contributed by atoms with Crippen molar-refractivity contribution in [2.45, 2.75) is 6.92 Å². The molecule has 0 saturated heterocycles. The Hall–Kier alpha value is -1.03. The van der Waals surface area contributed by atoms with Gasteiger partial charge in [-0.2, -0.15) is 4.98 Å². The van der Waals surface area contributed by atoms with Crippen LogP contribution in [-0.2, 0) is 0 Å². The standard InChI is InChI=1S/C7H12N4.ClH/c1-5-4-6(8)10-7(9-5)11(2)3;/h4H,1-3H3,(H2,8,9,10);1H. The Bertz CT molecular complexity index is 241. The second-order valence-electron chi connectivity index (χ2n) is 2.63. The summed E-state index contributed by atoms with van der Waals surface area (Å²) in [6, 6.07) is 1.74. The molecule has 68 valence electrons. The predicted octanol–water partition coefficient (Wildman–Crippen LogP) is 0.855. The first-order chi connectivity index (χ1) is 5.09. The van der Waals surface area contributed by atoms with Crippen molar-refractivity contribution < 1.29 is 0 Å². The van der Waals surface area contributed by atoms with Crippen LogP contribution in [0.2, 0.25) is 0 Å². The Kier molecular flexibility index (Phi) is 3.76. The number of hydrogen-bond acceptors (Lipinski definition) is 4. The van der Waals surface area contributed by atoms with Gasteiger partial charge in [-0.1, -0.05) is 0 Å². The van der Waals surface area contributed by atoms with E-state index in [2.05, 4.69) is 9.97 Å². The van der Waals surface area contributed by atoms with E-state index in [4.69, 9.17) is 5.73 Å². The number of rotatable bonds is 1. The maximum absolute atomic E-state index is 5.52. The lowest BCUT2D eigenvalue weighted by atomic mass is 10.4. The first-order valence-electron chi connectivity index (χ1n) is 3.38. The van der Waals surface area contributed by atoms with Gasteiger partial charge in [-0.3, -0.25) is 0 Å². The second-order valence-corrected chi connectivity index (χ2v) is 2.63. The molecule has 0 atom stereocenters. The van der Waals surface area contributed by atoms with Crippen molar-refractivity contribution in [1.29, 1.82) is 0 Å². The lowest BCUT2D eigenvalue weighted by Crippen LogP contribution is -2.13. The second kappa shape index (κ2) is 4.11. The molecule has 0 aliphatic heterocycles. The van der Waals surface area contributed by atoms with E-state index in [1.165, 1.54) is 0 Å². The summed E-state index contributed by atoms with van der Waals surface area (Å²) in [4.78, 5) is 10.0. The fourth-order valence-electron chi connectivity index (χ4n) is 0.777. The number of nitrogens with zero attached hydrogens (tertiary/aromatic N) is 3. The van der Waals surface area contributed by atoms with Crippen LogP contribution in [0.4, 0.5) is 11.8 Å². The number of hydrogen-bond donors (Lipinski definition) is 1. The number of nitrogens with two attached hydrogens (primary N) is 1. The van der Waals surface area contributed by atoms with Gasteiger partial charge in [0.25, 0.3) is 0 Å². The van der Waals surface area contributed by atoms with E-state index in [0.29, 0.717) is 11.8 Å². The van der Waals surface area contributed by atoms with Crippen molar-refractivity contribution in [1.82, 2.24) is 9.97 Å². The van der Waals surface area contributed by atoms with Crippen LogP contribution in [0.3, 0.4) is 0 Å². The zero-order valence-electron chi connectivity index (χ0n) is 7.40. The Morgan fingerprint density at radius 2 is 1.92 bits per heavy atom. The molecule has 0 amide bonds. The molecule has 2 N–H and O–H groups in total. The molecule has 0 aliphatic carbocycles. The first kappa shape index (κ1) is 11.0. The zero-order chi connectivity index (χ0) is 8.43. The van der Waals surface area contributed by atoms with Crippen LogP contribution in [-0.4, -0.2) is 24.1 Å². The number of aryl methyl sites for hydroxylation is 1. The van der Waals surface area contributed by atoms with Crippen molar-refractivity contribution in [3.05, 3.63) is 11.8 Å². The molecule has 0 bridgehead atoms. The van der Waals surface area contributed by atoms with Gasteiger partial charge in [0.05, 0.1) is 0 Å². The van der Waals surface area contributed by atoms with Crippen LogP contribution < -0.4 is 10.6 Å². The van der Waals surface area contributed by atoms with Crippen LogP contribution in [0.15, 0.2) is 6.07 Å². The molecule has 1 heterocycles. The third kappa shape index (κ3) is 2.54. The smallest absolute Gasteiger partial charge is 0.226 e. The van der Waals surface area contributed by atoms with Crippen LogP contribution in [0.5, 0.6) is 0 Å². The molecule has 12 heavy (non-hydrogen) atoms. The van der Waals surface area contributed by atoms with Gasteiger partial charge in [0, 0.05) is 25.9 Å². The van der Waals surface area contributed by atoms with E-state index >= 15 is 0 Å². The first-order valence-corrected chi connectivity index (χ1v) is 3.38. The minimum atomic E-state index is 0. The molecule has 4 nitrogen and oxygen atoms in total. The molecule has 0 aliphatic rings. The molecular weight excluding hydrogens is 176 g/mol. The van der Waals surface area contributed by atoms with Crippen molar-refractivity contribution >= 4 is 24.2 Å². The van der Waals surface area contributed by atoms with Gasteiger partial charge in [-0.05, 0) is 6.92 Å². The Morgan fingerprint density at radius 1 is 1.33 bits per heavy atom. The fourth-order valence-corrected chi connectivity index (χ4v) is 0.777. The number of halogens is 1. The van der Waals surface area contributed by atoms with E-state index in [0.717, 1.165) is 5.69 Å². The van der Waals surface area contributed by atoms with Crippen molar-refractivity contribution in [3.63, 3.8) is 0 Å². The summed E-state index contributed by atoms with van der Waals surface area (Å²) in [6.07, 6.45) is 0. The molecule has 5 heteroatoms. The summed E-state index contributed by atoms with van der Waals surface area (Å²) >= 11 is 0. The van der Waals surface area contributed by atoms with Gasteiger partial charge in [-0.15, -0.1) is 12.4 Å². The normalized spacial score (nSPS) is 8.92. The minimum Gasteiger partial charge on any atom is -0.384 e. The van der Waals surface area contributed by atoms with Crippen molar-refractivity contribution in [3.8, 4) is 0 Å². The lowest BCUT2D eigenvalue weighted by Gasteiger charge is -2.10. The molecule has 0 saturated carbocycles. The molecule has 0 spiro atoms. The maximum atomic E-state index is 5.52. The summed E-state index contributed by atoms with van der Waals surface area (Å²) in [6.45, 7) is 1.89. The zero-order valence-corrected chi connectivity index (χ0v) is 8.22. The third-order valence-corrected chi connectivity index (χ3v) is 1.26. The van der Waals surface area contributed by atoms with Gasteiger partial charge < -0.3 is 10.6 Å². The molecule has 0 fully saturated rings. The fraction of sp³-hybridized carbons (Fsp3) is 0.429. The van der Waals surface area contributed by atoms with Gasteiger partial charge >= 0.3 is 0 Å². The van der Waals surface area contributed by atoms with Gasteiger partial charge in [-0.25, -0.2) is 4.98 Å². The highest BCUT2D eigenvalue weighted by Gasteiger charge is 1.99. The molecule has 1 aromatic heterocycles. The maximum Gasteiger partial charge on any atom is 0.226 e. The largest absolute Gasteiger partial charge is 0.384 e. The summed E-state index contributed by atoms with van der Waals surface area (Å²) < 4.78 is 0. The number of nitrogen functional groups attached to an aromatic ring is 1. The average molecular weight is 189 g/mol. The lowest BCUT2D eigenvalue weighted by molar-refractivity contribution is 0.982. The summed E-state index contributed by atoms with van der Waals surface area (Å²) in [7, 11) is 3.77. The van der Waals surface area contributed by atoms with E-state index in [1.807, 2.05) is 25.9 Å². The van der Waals surface area contributed by atoms with Crippen LogP contribution in [0, 0.1) is 6.92 Å². The Labute approximate surface area is 78.2 Å². The van der Waals surface area contributed by atoms with Crippen molar-refractivity contribution in [2.24, 2.45) is 0 Å². The number of aromatic nitrogens is 2. The highest BCUT2D eigenvalue weighted by molar-refractivity contribution is 5.85. The van der Waals surface area contributed by atoms with Gasteiger partial charge in [0.1, 0.15) is 5.82 Å². The highest BCUT2D eigenvalue weighted by Crippen LogP contribution is 2.07. The van der Waals surface area contributed by atoms with E-state index in [1.54, 1.807) is 6.07 Å². The van der Waals surface area contributed by atoms with Crippen LogP contribution in [0.25, 0.3) is 0 Å². The molecule has 1 aromatic rings. The average Bonchev–Trinajstić information content (AvgIpc) is 1.85. The molecule has 0 unspecified atom stereocenters. The third-order valence-electron chi connectivity index (χ3n) is 1.26. The number of anilines is 2. The topological polar surface area (TPSA) is 55.0 Å². The summed E-state index contributed by atoms with van der Waals surface area (Å²) in [5.41, 5.74) is 6.41. The minimum absolute atomic E-state index is 0. The van der Waals surface area contributed by atoms with Crippen LogP contribution >= 0.6 is 12.4 Å². The van der Waals surface area contributed by atoms with Crippen molar-refractivity contribution in [2.75, 3.05) is 24.7 Å². The van der Waals surface area contributed by atoms with E-state index in [9.17, 15) is 0 Å². The SMILES string of the molecule is Cc1cc(N)nc(N(C)C)n1.Cl. The summed E-state index contributed by atoms with van der Waals surface area (Å²) in [5.74, 6) is 1.17. The van der Waals surface area contributed by atoms with E-state index in [-0.39, 0.29) is 12.4 Å². The molecule has 1 rings (SSSR count). The van der Waals surface area contributed by atoms with Gasteiger partial charge in [0.2, 0.25) is 5.95 Å². The van der Waals surface area contributed by atoms with Gasteiger partial charge in [0.15, 0.2) is 0 Å². The monoisotopic (exact) mass is 188 g/mol. The Balaban J connectivity index is 0.00000121. The highest BCUT2D eigenvalue weighted by atomic mass is 35.5.